The Hall–Kier alpha value is -1.32. The molecule has 15 heavy (non-hydrogen) atoms. The van der Waals surface area contributed by atoms with Gasteiger partial charge in [-0.05, 0) is 24.3 Å². The highest BCUT2D eigenvalue weighted by molar-refractivity contribution is 6.34. The summed E-state index contributed by atoms with van der Waals surface area (Å²) in [6, 6.07) is 6.91. The summed E-state index contributed by atoms with van der Waals surface area (Å²) < 4.78 is 0. The Kier molecular flexibility index (Phi) is 2.75. The van der Waals surface area contributed by atoms with Crippen LogP contribution in [-0.2, 0) is 0 Å². The Morgan fingerprint density at radius 1 is 1.13 bits per heavy atom. The molecule has 2 N–H and O–H groups in total. The maximum Gasteiger partial charge on any atom is 0.140 e. The highest BCUT2D eigenvalue weighted by Gasteiger charge is 2.09. The summed E-state index contributed by atoms with van der Waals surface area (Å²) in [6.45, 7) is 0. The van der Waals surface area contributed by atoms with Gasteiger partial charge in [0, 0.05) is 11.8 Å². The van der Waals surface area contributed by atoms with Gasteiger partial charge in [-0.1, -0.05) is 23.2 Å². The fourth-order valence-electron chi connectivity index (χ4n) is 1.23. The number of anilines is 1. The predicted octanol–water partition coefficient (Wildman–Crippen LogP) is 3.03. The van der Waals surface area contributed by atoms with Crippen LogP contribution in [0.1, 0.15) is 0 Å². The van der Waals surface area contributed by atoms with Crippen molar-refractivity contribution in [2.75, 3.05) is 5.73 Å². The SMILES string of the molecule is Nc1cccnc1-c1ccc(Cl)nc1Cl. The van der Waals surface area contributed by atoms with Crippen molar-refractivity contribution in [1.29, 1.82) is 0 Å². The van der Waals surface area contributed by atoms with E-state index in [1.54, 1.807) is 30.5 Å². The smallest absolute Gasteiger partial charge is 0.140 e. The van der Waals surface area contributed by atoms with Crippen LogP contribution in [0.2, 0.25) is 10.3 Å². The van der Waals surface area contributed by atoms with Crippen molar-refractivity contribution in [3.63, 3.8) is 0 Å². The van der Waals surface area contributed by atoms with Gasteiger partial charge >= 0.3 is 0 Å². The van der Waals surface area contributed by atoms with Crippen molar-refractivity contribution in [3.05, 3.63) is 40.8 Å². The van der Waals surface area contributed by atoms with Crippen LogP contribution in [0.15, 0.2) is 30.5 Å². The summed E-state index contributed by atoms with van der Waals surface area (Å²) in [7, 11) is 0. The second kappa shape index (κ2) is 4.04. The number of halogens is 2. The zero-order valence-electron chi connectivity index (χ0n) is 7.61. The normalized spacial score (nSPS) is 10.3. The van der Waals surface area contributed by atoms with E-state index in [2.05, 4.69) is 9.97 Å². The van der Waals surface area contributed by atoms with E-state index in [-0.39, 0.29) is 0 Å². The van der Waals surface area contributed by atoms with Crippen LogP contribution >= 0.6 is 23.2 Å². The first kappa shape index (κ1) is 10.2. The summed E-state index contributed by atoms with van der Waals surface area (Å²) >= 11 is 11.6. The average molecular weight is 240 g/mol. The quantitative estimate of drug-likeness (QED) is 0.779. The molecule has 0 aliphatic heterocycles. The van der Waals surface area contributed by atoms with E-state index >= 15 is 0 Å². The summed E-state index contributed by atoms with van der Waals surface area (Å²) in [5.41, 5.74) is 7.63. The minimum Gasteiger partial charge on any atom is -0.397 e. The zero-order chi connectivity index (χ0) is 10.8. The van der Waals surface area contributed by atoms with Crippen molar-refractivity contribution >= 4 is 28.9 Å². The van der Waals surface area contributed by atoms with Crippen molar-refractivity contribution in [2.45, 2.75) is 0 Å². The standard InChI is InChI=1S/C10H7Cl2N3/c11-8-4-3-6(10(12)15-8)9-7(13)2-1-5-14-9/h1-5H,13H2. The van der Waals surface area contributed by atoms with Crippen molar-refractivity contribution in [2.24, 2.45) is 0 Å². The Balaban J connectivity index is 2.60. The molecule has 0 aliphatic carbocycles. The monoisotopic (exact) mass is 239 g/mol. The van der Waals surface area contributed by atoms with E-state index in [4.69, 9.17) is 28.9 Å². The lowest BCUT2D eigenvalue weighted by Crippen LogP contribution is -1.94. The number of nitrogen functional groups attached to an aromatic ring is 1. The van der Waals surface area contributed by atoms with Crippen molar-refractivity contribution in [3.8, 4) is 11.3 Å². The third-order valence-electron chi connectivity index (χ3n) is 1.91. The second-order valence-electron chi connectivity index (χ2n) is 2.91. The van der Waals surface area contributed by atoms with E-state index in [1.807, 2.05) is 0 Å². The first-order valence-corrected chi connectivity index (χ1v) is 4.97. The highest BCUT2D eigenvalue weighted by Crippen LogP contribution is 2.29. The fourth-order valence-corrected chi connectivity index (χ4v) is 1.67. The van der Waals surface area contributed by atoms with Crippen LogP contribution in [0.5, 0.6) is 0 Å². The van der Waals surface area contributed by atoms with Gasteiger partial charge in [0.15, 0.2) is 0 Å². The van der Waals surface area contributed by atoms with E-state index < -0.39 is 0 Å². The number of pyridine rings is 2. The third kappa shape index (κ3) is 2.03. The molecule has 3 nitrogen and oxygen atoms in total. The van der Waals surface area contributed by atoms with Crippen LogP contribution < -0.4 is 5.73 Å². The first-order chi connectivity index (χ1) is 7.18. The van der Waals surface area contributed by atoms with Crippen LogP contribution in [0.3, 0.4) is 0 Å². The molecule has 0 aromatic carbocycles. The Morgan fingerprint density at radius 2 is 1.93 bits per heavy atom. The van der Waals surface area contributed by atoms with Gasteiger partial charge in [-0.15, -0.1) is 0 Å². The number of hydrogen-bond donors (Lipinski definition) is 1. The topological polar surface area (TPSA) is 51.8 Å². The number of nitrogens with two attached hydrogens (primary N) is 1. The molecule has 2 rings (SSSR count). The minimum absolute atomic E-state index is 0.299. The molecule has 2 aromatic heterocycles. The van der Waals surface area contributed by atoms with E-state index in [0.29, 0.717) is 27.3 Å². The highest BCUT2D eigenvalue weighted by atomic mass is 35.5. The van der Waals surface area contributed by atoms with E-state index in [0.717, 1.165) is 0 Å². The predicted molar refractivity (Wildman–Crippen MR) is 61.9 cm³/mol. The molecule has 2 aromatic rings. The molecule has 0 atom stereocenters. The zero-order valence-corrected chi connectivity index (χ0v) is 9.13. The van der Waals surface area contributed by atoms with E-state index in [9.17, 15) is 0 Å². The third-order valence-corrected chi connectivity index (χ3v) is 2.41. The van der Waals surface area contributed by atoms with Gasteiger partial charge < -0.3 is 5.73 Å². The van der Waals surface area contributed by atoms with Crippen LogP contribution in [-0.4, -0.2) is 9.97 Å². The molecule has 0 saturated heterocycles. The minimum atomic E-state index is 0.299. The summed E-state index contributed by atoms with van der Waals surface area (Å²) in [5, 5.41) is 0.645. The summed E-state index contributed by atoms with van der Waals surface area (Å²) in [5.74, 6) is 0. The van der Waals surface area contributed by atoms with Gasteiger partial charge in [0.1, 0.15) is 10.3 Å². The largest absolute Gasteiger partial charge is 0.397 e. The molecule has 0 spiro atoms. The average Bonchev–Trinajstić information content (AvgIpc) is 2.20. The number of rotatable bonds is 1. The van der Waals surface area contributed by atoms with Gasteiger partial charge in [0.2, 0.25) is 0 Å². The van der Waals surface area contributed by atoms with Gasteiger partial charge in [-0.25, -0.2) is 4.98 Å². The molecule has 0 amide bonds. The van der Waals surface area contributed by atoms with Crippen LogP contribution in [0.4, 0.5) is 5.69 Å². The lowest BCUT2D eigenvalue weighted by molar-refractivity contribution is 1.28. The Bertz CT molecular complexity index is 500. The molecular formula is C10H7Cl2N3. The van der Waals surface area contributed by atoms with Gasteiger partial charge in [0.05, 0.1) is 11.4 Å². The first-order valence-electron chi connectivity index (χ1n) is 4.21. The van der Waals surface area contributed by atoms with Gasteiger partial charge in [0.25, 0.3) is 0 Å². The molecule has 0 bridgehead atoms. The maximum absolute atomic E-state index is 5.94. The van der Waals surface area contributed by atoms with Crippen molar-refractivity contribution < 1.29 is 0 Å². The number of aromatic nitrogens is 2. The molecule has 0 unspecified atom stereocenters. The summed E-state index contributed by atoms with van der Waals surface area (Å²) in [6.07, 6.45) is 1.65. The molecule has 0 fully saturated rings. The van der Waals surface area contributed by atoms with Gasteiger partial charge in [-0.2, -0.15) is 0 Å². The molecule has 0 aliphatic rings. The fraction of sp³-hybridized carbons (Fsp3) is 0. The summed E-state index contributed by atoms with van der Waals surface area (Å²) in [4.78, 5) is 8.07. The number of nitrogens with zero attached hydrogens (tertiary/aromatic N) is 2. The molecule has 2 heterocycles. The molecule has 5 heteroatoms. The maximum atomic E-state index is 5.94. The molecule has 0 radical (unpaired) electrons. The van der Waals surface area contributed by atoms with Crippen molar-refractivity contribution in [1.82, 2.24) is 9.97 Å². The molecular weight excluding hydrogens is 233 g/mol. The Morgan fingerprint density at radius 3 is 2.60 bits per heavy atom. The lowest BCUT2D eigenvalue weighted by atomic mass is 10.1. The second-order valence-corrected chi connectivity index (χ2v) is 3.66. The molecule has 76 valence electrons. The van der Waals surface area contributed by atoms with Gasteiger partial charge in [-0.3, -0.25) is 4.98 Å². The Labute approximate surface area is 96.9 Å². The van der Waals surface area contributed by atoms with E-state index in [1.165, 1.54) is 0 Å². The number of hydrogen-bond acceptors (Lipinski definition) is 3. The van der Waals surface area contributed by atoms with Crippen LogP contribution in [0, 0.1) is 0 Å². The van der Waals surface area contributed by atoms with Crippen LogP contribution in [0.25, 0.3) is 11.3 Å². The molecule has 0 saturated carbocycles. The lowest BCUT2D eigenvalue weighted by Gasteiger charge is -2.05.